The van der Waals surface area contributed by atoms with E-state index in [1.807, 2.05) is 24.3 Å². The number of aliphatic imine (C=N–C) groups is 1. The maximum atomic E-state index is 11.7. The summed E-state index contributed by atoms with van der Waals surface area (Å²) in [6, 6.07) is 7.59. The summed E-state index contributed by atoms with van der Waals surface area (Å²) in [6.07, 6.45) is 8.07. The monoisotopic (exact) mass is 522 g/mol. The molecule has 8 heteroatoms. The van der Waals surface area contributed by atoms with Gasteiger partial charge in [0.2, 0.25) is 10.0 Å². The average Bonchev–Trinajstić information content (AvgIpc) is 3.16. The van der Waals surface area contributed by atoms with Crippen molar-refractivity contribution in [2.45, 2.75) is 57.7 Å². The molecule has 0 heterocycles. The van der Waals surface area contributed by atoms with Crippen molar-refractivity contribution in [1.29, 1.82) is 0 Å². The molecule has 0 bridgehead atoms. The van der Waals surface area contributed by atoms with Gasteiger partial charge in [0.05, 0.1) is 12.3 Å². The summed E-state index contributed by atoms with van der Waals surface area (Å²) in [5.74, 6) is 1.72. The van der Waals surface area contributed by atoms with Gasteiger partial charge in [-0.3, -0.25) is 0 Å². The van der Waals surface area contributed by atoms with Crippen LogP contribution in [0.25, 0.3) is 0 Å². The van der Waals surface area contributed by atoms with Gasteiger partial charge in [-0.25, -0.2) is 18.1 Å². The molecule has 0 spiro atoms. The van der Waals surface area contributed by atoms with Crippen LogP contribution in [0.2, 0.25) is 0 Å². The van der Waals surface area contributed by atoms with Crippen molar-refractivity contribution < 1.29 is 8.42 Å². The van der Waals surface area contributed by atoms with Crippen molar-refractivity contribution in [1.82, 2.24) is 15.4 Å². The summed E-state index contributed by atoms with van der Waals surface area (Å²) < 4.78 is 25.8. The van der Waals surface area contributed by atoms with E-state index in [9.17, 15) is 8.42 Å². The van der Waals surface area contributed by atoms with E-state index < -0.39 is 10.0 Å². The molecule has 0 aliphatic heterocycles. The molecule has 0 radical (unpaired) electrons. The van der Waals surface area contributed by atoms with E-state index in [1.54, 1.807) is 0 Å². The third-order valence-corrected chi connectivity index (χ3v) is 6.31. The Kier molecular flexibility index (Phi) is 12.0. The Bertz CT molecular complexity index is 704. The van der Waals surface area contributed by atoms with E-state index >= 15 is 0 Å². The smallest absolute Gasteiger partial charge is 0.215 e. The number of sulfonamides is 1. The SMILES string of the molecule is CCNC(=NCc1cccc(CS(=O)(=O)NC)c1)NCCCC1CCCC1.I. The van der Waals surface area contributed by atoms with Crippen LogP contribution < -0.4 is 15.4 Å². The number of rotatable bonds is 10. The molecule has 1 saturated carbocycles. The summed E-state index contributed by atoms with van der Waals surface area (Å²) in [6.45, 7) is 4.32. The molecule has 1 aromatic rings. The first kappa shape index (κ1) is 25.2. The highest BCUT2D eigenvalue weighted by Crippen LogP contribution is 2.28. The Balaban J connectivity index is 0.00000392. The number of nitrogens with one attached hydrogen (secondary N) is 3. The van der Waals surface area contributed by atoms with Crippen LogP contribution in [0.3, 0.4) is 0 Å². The number of hydrogen-bond acceptors (Lipinski definition) is 3. The second-order valence-corrected chi connectivity index (χ2v) is 9.12. The van der Waals surface area contributed by atoms with Gasteiger partial charge in [-0.05, 0) is 43.9 Å². The molecule has 0 saturated heterocycles. The van der Waals surface area contributed by atoms with Crippen LogP contribution in [0.1, 0.15) is 56.6 Å². The minimum absolute atomic E-state index is 0. The van der Waals surface area contributed by atoms with Gasteiger partial charge in [0, 0.05) is 13.1 Å². The van der Waals surface area contributed by atoms with E-state index in [0.717, 1.165) is 36.1 Å². The van der Waals surface area contributed by atoms with Gasteiger partial charge < -0.3 is 10.6 Å². The number of halogens is 1. The van der Waals surface area contributed by atoms with E-state index in [1.165, 1.54) is 45.6 Å². The molecule has 28 heavy (non-hydrogen) atoms. The van der Waals surface area contributed by atoms with E-state index in [-0.39, 0.29) is 29.7 Å². The normalized spacial score (nSPS) is 15.3. The standard InChI is InChI=1S/C20H34N4O2S.HI/c1-3-22-20(23-13-7-12-17-8-4-5-9-17)24-15-18-10-6-11-19(14-18)16-27(25,26)21-2;/h6,10-11,14,17,21H,3-5,7-9,12-13,15-16H2,1-2H3,(H2,22,23,24);1H. The Morgan fingerprint density at radius 2 is 1.89 bits per heavy atom. The highest BCUT2D eigenvalue weighted by molar-refractivity contribution is 14.0. The van der Waals surface area contributed by atoms with Gasteiger partial charge in [-0.2, -0.15) is 0 Å². The quantitative estimate of drug-likeness (QED) is 0.191. The summed E-state index contributed by atoms with van der Waals surface area (Å²) in [5, 5.41) is 6.69. The van der Waals surface area contributed by atoms with Crippen LogP contribution in [0.15, 0.2) is 29.3 Å². The largest absolute Gasteiger partial charge is 0.357 e. The van der Waals surface area contributed by atoms with E-state index in [2.05, 4.69) is 27.3 Å². The molecule has 0 atom stereocenters. The minimum Gasteiger partial charge on any atom is -0.357 e. The van der Waals surface area contributed by atoms with Gasteiger partial charge in [-0.1, -0.05) is 49.9 Å². The second-order valence-electron chi connectivity index (χ2n) is 7.20. The average molecular weight is 522 g/mol. The molecule has 1 aromatic carbocycles. The molecule has 2 rings (SSSR count). The first-order valence-electron chi connectivity index (χ1n) is 10.0. The molecule has 0 unspecified atom stereocenters. The van der Waals surface area contributed by atoms with Crippen LogP contribution in [-0.4, -0.2) is 34.5 Å². The molecule has 160 valence electrons. The lowest BCUT2D eigenvalue weighted by Crippen LogP contribution is -2.37. The number of guanidine groups is 1. The Morgan fingerprint density at radius 3 is 2.57 bits per heavy atom. The topological polar surface area (TPSA) is 82.6 Å². The molecule has 1 aliphatic carbocycles. The Morgan fingerprint density at radius 1 is 1.18 bits per heavy atom. The lowest BCUT2D eigenvalue weighted by Gasteiger charge is -2.13. The van der Waals surface area contributed by atoms with Crippen LogP contribution in [0.4, 0.5) is 0 Å². The fraction of sp³-hybridized carbons (Fsp3) is 0.650. The van der Waals surface area contributed by atoms with Gasteiger partial charge in [-0.15, -0.1) is 24.0 Å². The molecular weight excluding hydrogens is 487 g/mol. The number of nitrogens with zero attached hydrogens (tertiary/aromatic N) is 1. The first-order valence-corrected chi connectivity index (χ1v) is 11.7. The molecule has 0 aromatic heterocycles. The van der Waals surface area contributed by atoms with E-state index in [4.69, 9.17) is 0 Å². The summed E-state index contributed by atoms with van der Waals surface area (Å²) in [4.78, 5) is 4.64. The third-order valence-electron chi connectivity index (χ3n) is 4.98. The van der Waals surface area contributed by atoms with Crippen molar-refractivity contribution in [2.75, 3.05) is 20.1 Å². The van der Waals surface area contributed by atoms with E-state index in [0.29, 0.717) is 6.54 Å². The van der Waals surface area contributed by atoms with Gasteiger partial charge >= 0.3 is 0 Å². The molecule has 3 N–H and O–H groups in total. The van der Waals surface area contributed by atoms with Crippen molar-refractivity contribution in [3.05, 3.63) is 35.4 Å². The highest BCUT2D eigenvalue weighted by atomic mass is 127. The van der Waals surface area contributed by atoms with Crippen LogP contribution in [-0.2, 0) is 22.3 Å². The summed E-state index contributed by atoms with van der Waals surface area (Å²) in [5.41, 5.74) is 1.77. The van der Waals surface area contributed by atoms with Crippen molar-refractivity contribution >= 4 is 40.0 Å². The predicted octanol–water partition coefficient (Wildman–Crippen LogP) is 3.38. The van der Waals surface area contributed by atoms with Crippen molar-refractivity contribution in [2.24, 2.45) is 10.9 Å². The number of benzene rings is 1. The minimum atomic E-state index is -3.26. The van der Waals surface area contributed by atoms with Gasteiger partial charge in [0.25, 0.3) is 0 Å². The Labute approximate surface area is 187 Å². The van der Waals surface area contributed by atoms with Crippen LogP contribution in [0.5, 0.6) is 0 Å². The van der Waals surface area contributed by atoms with Crippen molar-refractivity contribution in [3.63, 3.8) is 0 Å². The maximum absolute atomic E-state index is 11.7. The first-order chi connectivity index (χ1) is 13.0. The van der Waals surface area contributed by atoms with Gasteiger partial charge in [0.1, 0.15) is 0 Å². The third kappa shape index (κ3) is 9.56. The van der Waals surface area contributed by atoms with Crippen LogP contribution >= 0.6 is 24.0 Å². The zero-order valence-electron chi connectivity index (χ0n) is 17.0. The molecular formula is C20H35IN4O2S. The zero-order chi connectivity index (χ0) is 19.5. The molecule has 6 nitrogen and oxygen atoms in total. The maximum Gasteiger partial charge on any atom is 0.215 e. The summed E-state index contributed by atoms with van der Waals surface area (Å²) >= 11 is 0. The van der Waals surface area contributed by atoms with Gasteiger partial charge in [0.15, 0.2) is 5.96 Å². The molecule has 1 fully saturated rings. The highest BCUT2D eigenvalue weighted by Gasteiger charge is 2.14. The lowest BCUT2D eigenvalue weighted by atomic mass is 10.0. The summed E-state index contributed by atoms with van der Waals surface area (Å²) in [7, 11) is -1.83. The zero-order valence-corrected chi connectivity index (χ0v) is 20.2. The van der Waals surface area contributed by atoms with Crippen LogP contribution in [0, 0.1) is 5.92 Å². The fourth-order valence-corrected chi connectivity index (χ4v) is 4.28. The lowest BCUT2D eigenvalue weighted by molar-refractivity contribution is 0.481. The predicted molar refractivity (Wildman–Crippen MR) is 128 cm³/mol. The second kappa shape index (κ2) is 13.4. The number of hydrogen-bond donors (Lipinski definition) is 3. The molecule has 1 aliphatic rings. The van der Waals surface area contributed by atoms with Crippen molar-refractivity contribution in [3.8, 4) is 0 Å². The Hall–Kier alpha value is -0.870. The molecule has 0 amide bonds. The fourth-order valence-electron chi connectivity index (χ4n) is 3.52.